The number of aromatic nitrogens is 2. The SMILES string of the molecule is C=CCN1C(=O)[C@@](O)(CC(=O)c2c(C)n[nH]c2C)c2cc(Br)ccc21. The molecule has 3 rings (SSSR count). The molecule has 0 fully saturated rings. The highest BCUT2D eigenvalue weighted by molar-refractivity contribution is 9.10. The Bertz CT molecular complexity index is 870. The first kappa shape index (κ1) is 17.6. The van der Waals surface area contributed by atoms with Gasteiger partial charge in [0.2, 0.25) is 0 Å². The zero-order valence-corrected chi connectivity index (χ0v) is 15.6. The lowest BCUT2D eigenvalue weighted by Gasteiger charge is -2.22. The second-order valence-electron chi connectivity index (χ2n) is 6.14. The van der Waals surface area contributed by atoms with Crippen LogP contribution in [0.3, 0.4) is 0 Å². The van der Waals surface area contributed by atoms with Crippen molar-refractivity contribution in [2.24, 2.45) is 0 Å². The number of hydrogen-bond donors (Lipinski definition) is 2. The minimum absolute atomic E-state index is 0.258. The number of aryl methyl sites for hydroxylation is 2. The topological polar surface area (TPSA) is 86.3 Å². The number of carbonyl (C=O) groups excluding carboxylic acids is 2. The third-order valence-electron chi connectivity index (χ3n) is 4.43. The van der Waals surface area contributed by atoms with E-state index >= 15 is 0 Å². The summed E-state index contributed by atoms with van der Waals surface area (Å²) < 4.78 is 0.723. The van der Waals surface area contributed by atoms with E-state index in [1.807, 2.05) is 0 Å². The third kappa shape index (κ3) is 2.73. The molecule has 2 heterocycles. The standard InChI is InChI=1S/C18H18BrN3O3/c1-4-7-22-14-6-5-12(19)8-13(14)18(25,17(22)24)9-15(23)16-10(2)20-21-11(16)3/h4-6,8,25H,1,7,9H2,2-3H3,(H,20,21)/t18-/m1/s1. The van der Waals surface area contributed by atoms with E-state index in [2.05, 4.69) is 32.7 Å². The molecule has 0 radical (unpaired) electrons. The number of rotatable bonds is 5. The maximum atomic E-state index is 12.9. The molecule has 0 saturated carbocycles. The van der Waals surface area contributed by atoms with Crippen LogP contribution < -0.4 is 4.90 Å². The van der Waals surface area contributed by atoms with Gasteiger partial charge < -0.3 is 10.0 Å². The van der Waals surface area contributed by atoms with Gasteiger partial charge in [0.15, 0.2) is 11.4 Å². The Labute approximate surface area is 153 Å². The number of aromatic amines is 1. The molecular formula is C18H18BrN3O3. The minimum atomic E-state index is -1.91. The summed E-state index contributed by atoms with van der Waals surface area (Å²) in [5, 5.41) is 18.0. The summed E-state index contributed by atoms with van der Waals surface area (Å²) in [4.78, 5) is 27.1. The van der Waals surface area contributed by atoms with Gasteiger partial charge in [0.25, 0.3) is 5.91 Å². The van der Waals surface area contributed by atoms with E-state index in [0.717, 1.165) is 4.47 Å². The van der Waals surface area contributed by atoms with E-state index in [1.165, 1.54) is 4.90 Å². The minimum Gasteiger partial charge on any atom is -0.375 e. The number of aliphatic hydroxyl groups is 1. The highest BCUT2D eigenvalue weighted by Crippen LogP contribution is 2.44. The molecule has 0 spiro atoms. The number of hydrogen-bond acceptors (Lipinski definition) is 4. The monoisotopic (exact) mass is 403 g/mol. The summed E-state index contributed by atoms with van der Waals surface area (Å²) in [7, 11) is 0. The van der Waals surface area contributed by atoms with E-state index < -0.39 is 11.5 Å². The Morgan fingerprint density at radius 1 is 1.48 bits per heavy atom. The van der Waals surface area contributed by atoms with Crippen LogP contribution in [-0.4, -0.2) is 33.5 Å². The number of anilines is 1. The molecular weight excluding hydrogens is 386 g/mol. The number of H-pyrrole nitrogens is 1. The summed E-state index contributed by atoms with van der Waals surface area (Å²) in [6.45, 7) is 7.37. The number of nitrogens with zero attached hydrogens (tertiary/aromatic N) is 2. The highest BCUT2D eigenvalue weighted by atomic mass is 79.9. The van der Waals surface area contributed by atoms with Gasteiger partial charge in [-0.15, -0.1) is 6.58 Å². The molecule has 1 amide bonds. The fourth-order valence-electron chi connectivity index (χ4n) is 3.29. The van der Waals surface area contributed by atoms with Gasteiger partial charge in [0, 0.05) is 22.3 Å². The first-order valence-corrected chi connectivity index (χ1v) is 8.59. The van der Waals surface area contributed by atoms with E-state index in [0.29, 0.717) is 28.2 Å². The van der Waals surface area contributed by atoms with Crippen LogP contribution in [-0.2, 0) is 10.4 Å². The molecule has 25 heavy (non-hydrogen) atoms. The maximum absolute atomic E-state index is 12.9. The molecule has 1 atom stereocenters. The van der Waals surface area contributed by atoms with Gasteiger partial charge in [0.1, 0.15) is 0 Å². The molecule has 1 aromatic carbocycles. The second kappa shape index (κ2) is 6.24. The van der Waals surface area contributed by atoms with Crippen LogP contribution in [0.4, 0.5) is 5.69 Å². The predicted molar refractivity (Wildman–Crippen MR) is 97.6 cm³/mol. The molecule has 2 aromatic rings. The van der Waals surface area contributed by atoms with Crippen molar-refractivity contribution in [2.45, 2.75) is 25.9 Å². The molecule has 1 aliphatic rings. The number of nitrogens with one attached hydrogen (secondary N) is 1. The van der Waals surface area contributed by atoms with Gasteiger partial charge in [0.05, 0.1) is 23.4 Å². The molecule has 6 nitrogen and oxygen atoms in total. The number of halogens is 1. The molecule has 0 unspecified atom stereocenters. The number of benzene rings is 1. The third-order valence-corrected chi connectivity index (χ3v) is 4.92. The lowest BCUT2D eigenvalue weighted by Crippen LogP contribution is -2.42. The van der Waals surface area contributed by atoms with Gasteiger partial charge in [-0.2, -0.15) is 5.10 Å². The quantitative estimate of drug-likeness (QED) is 0.593. The fourth-order valence-corrected chi connectivity index (χ4v) is 3.65. The van der Waals surface area contributed by atoms with Gasteiger partial charge in [-0.1, -0.05) is 22.0 Å². The normalized spacial score (nSPS) is 19.2. The van der Waals surface area contributed by atoms with Gasteiger partial charge in [-0.25, -0.2) is 0 Å². The van der Waals surface area contributed by atoms with Crippen LogP contribution in [0.2, 0.25) is 0 Å². The lowest BCUT2D eigenvalue weighted by molar-refractivity contribution is -0.135. The smallest absolute Gasteiger partial charge is 0.264 e. The molecule has 130 valence electrons. The van der Waals surface area contributed by atoms with Gasteiger partial charge >= 0.3 is 0 Å². The lowest BCUT2D eigenvalue weighted by atomic mass is 9.87. The molecule has 0 saturated heterocycles. The van der Waals surface area contributed by atoms with Crippen molar-refractivity contribution in [3.05, 3.63) is 57.8 Å². The zero-order valence-electron chi connectivity index (χ0n) is 14.0. The van der Waals surface area contributed by atoms with Gasteiger partial charge in [-0.3, -0.25) is 14.7 Å². The van der Waals surface area contributed by atoms with Crippen molar-refractivity contribution in [2.75, 3.05) is 11.4 Å². The van der Waals surface area contributed by atoms with Crippen LogP contribution in [0.5, 0.6) is 0 Å². The second-order valence-corrected chi connectivity index (χ2v) is 7.05. The van der Waals surface area contributed by atoms with Crippen molar-refractivity contribution in [1.29, 1.82) is 0 Å². The molecule has 7 heteroatoms. The summed E-state index contributed by atoms with van der Waals surface area (Å²) in [6.07, 6.45) is 1.24. The van der Waals surface area contributed by atoms with E-state index in [1.54, 1.807) is 38.1 Å². The molecule has 1 aromatic heterocycles. The van der Waals surface area contributed by atoms with Crippen LogP contribution in [0.1, 0.15) is 33.7 Å². The van der Waals surface area contributed by atoms with Crippen LogP contribution in [0.25, 0.3) is 0 Å². The molecule has 1 aliphatic heterocycles. The average molecular weight is 404 g/mol. The summed E-state index contributed by atoms with van der Waals surface area (Å²) >= 11 is 3.36. The largest absolute Gasteiger partial charge is 0.375 e. The zero-order chi connectivity index (χ0) is 18.4. The summed E-state index contributed by atoms with van der Waals surface area (Å²) in [5.41, 5.74) is 0.683. The summed E-state index contributed by atoms with van der Waals surface area (Å²) in [6, 6.07) is 5.22. The Morgan fingerprint density at radius 2 is 2.20 bits per heavy atom. The van der Waals surface area contributed by atoms with E-state index in [-0.39, 0.29) is 18.7 Å². The Hall–Kier alpha value is -2.25. The molecule has 0 bridgehead atoms. The maximum Gasteiger partial charge on any atom is 0.264 e. The van der Waals surface area contributed by atoms with Crippen LogP contribution in [0, 0.1) is 13.8 Å². The van der Waals surface area contributed by atoms with Crippen molar-refractivity contribution in [3.8, 4) is 0 Å². The Morgan fingerprint density at radius 3 is 2.80 bits per heavy atom. The van der Waals surface area contributed by atoms with Crippen molar-refractivity contribution >= 4 is 33.3 Å². The number of carbonyl (C=O) groups is 2. The number of amides is 1. The molecule has 0 aliphatic carbocycles. The highest BCUT2D eigenvalue weighted by Gasteiger charge is 2.51. The van der Waals surface area contributed by atoms with Gasteiger partial charge in [-0.05, 0) is 32.0 Å². The first-order valence-electron chi connectivity index (χ1n) is 7.79. The molecule has 2 N–H and O–H groups in total. The number of ketones is 1. The van der Waals surface area contributed by atoms with Crippen molar-refractivity contribution < 1.29 is 14.7 Å². The van der Waals surface area contributed by atoms with E-state index in [4.69, 9.17) is 0 Å². The summed E-state index contributed by atoms with van der Waals surface area (Å²) in [5.74, 6) is -0.848. The van der Waals surface area contributed by atoms with E-state index in [9.17, 15) is 14.7 Å². The van der Waals surface area contributed by atoms with Crippen molar-refractivity contribution in [3.63, 3.8) is 0 Å². The van der Waals surface area contributed by atoms with Crippen LogP contribution >= 0.6 is 15.9 Å². The average Bonchev–Trinajstić information content (AvgIpc) is 2.99. The predicted octanol–water partition coefficient (Wildman–Crippen LogP) is 2.78. The Kier molecular flexibility index (Phi) is 4.38. The van der Waals surface area contributed by atoms with Crippen molar-refractivity contribution in [1.82, 2.24) is 10.2 Å². The van der Waals surface area contributed by atoms with Crippen LogP contribution in [0.15, 0.2) is 35.3 Å². The number of Topliss-reactive ketones (excluding diaryl/α,β-unsaturated/α-hetero) is 1. The number of fused-ring (bicyclic) bond motifs is 1. The first-order chi connectivity index (χ1) is 11.8. The Balaban J connectivity index is 2.05. The fraction of sp³-hybridized carbons (Fsp3) is 0.278.